The van der Waals surface area contributed by atoms with Crippen molar-refractivity contribution in [1.82, 2.24) is 30.1 Å². The van der Waals surface area contributed by atoms with E-state index in [1.165, 1.54) is 0 Å². The number of hydrogen-bond donors (Lipinski definition) is 1. The smallest absolute Gasteiger partial charge is 0.253 e. The lowest BCUT2D eigenvalue weighted by Crippen LogP contribution is -2.41. The summed E-state index contributed by atoms with van der Waals surface area (Å²) in [5.74, 6) is 1.42. The van der Waals surface area contributed by atoms with Crippen molar-refractivity contribution in [2.24, 2.45) is 5.92 Å². The Hall–Kier alpha value is -2.54. The molecule has 3 aromatic rings. The summed E-state index contributed by atoms with van der Waals surface area (Å²) in [6, 6.07) is 7.88. The van der Waals surface area contributed by atoms with Crippen LogP contribution >= 0.6 is 0 Å². The number of nitrogens with one attached hydrogen (secondary N) is 1. The number of nitrogens with zero attached hydrogens (tertiary/aromatic N) is 5. The van der Waals surface area contributed by atoms with Crippen LogP contribution in [0.2, 0.25) is 0 Å². The lowest BCUT2D eigenvalue weighted by Gasteiger charge is -2.36. The number of benzene rings is 1. The topological polar surface area (TPSA) is 79.7 Å². The molecule has 1 atom stereocenters. The van der Waals surface area contributed by atoms with Gasteiger partial charge in [-0.3, -0.25) is 9.69 Å². The number of aryl methyl sites for hydroxylation is 1. The molecule has 0 saturated carbocycles. The average molecular weight is 395 g/mol. The Kier molecular flexibility index (Phi) is 5.02. The first-order valence-corrected chi connectivity index (χ1v) is 10.4. The molecule has 0 unspecified atom stereocenters. The van der Waals surface area contributed by atoms with Gasteiger partial charge in [-0.15, -0.1) is 5.10 Å². The first-order valence-electron chi connectivity index (χ1n) is 10.4. The minimum atomic E-state index is -0.277. The normalized spacial score (nSPS) is 17.7. The maximum atomic E-state index is 13.2. The average Bonchev–Trinajstić information content (AvgIpc) is 3.14. The van der Waals surface area contributed by atoms with Crippen molar-refractivity contribution in [2.45, 2.75) is 59.0 Å². The highest BCUT2D eigenvalue weighted by Gasteiger charge is 2.34. The van der Waals surface area contributed by atoms with Gasteiger partial charge in [-0.05, 0) is 93.1 Å². The van der Waals surface area contributed by atoms with Gasteiger partial charge in [0.25, 0.3) is 5.56 Å². The second-order valence-corrected chi connectivity index (χ2v) is 9.39. The summed E-state index contributed by atoms with van der Waals surface area (Å²) < 4.78 is 1.86. The van der Waals surface area contributed by atoms with Gasteiger partial charge in [-0.1, -0.05) is 19.1 Å². The Balaban J connectivity index is 1.88. The predicted octanol–water partition coefficient (Wildman–Crippen LogP) is 3.40. The molecule has 29 heavy (non-hydrogen) atoms. The van der Waals surface area contributed by atoms with Crippen molar-refractivity contribution >= 4 is 10.9 Å². The number of aromatic amines is 1. The SMILES string of the molecule is Cc1ccc2cc([C@H](c3nnnn3C(C)(C)C)N3CCC(C)CC3)c(=O)[nH]c2c1. The monoisotopic (exact) mass is 394 g/mol. The highest BCUT2D eigenvalue weighted by atomic mass is 16.1. The van der Waals surface area contributed by atoms with E-state index >= 15 is 0 Å². The second kappa shape index (κ2) is 7.37. The second-order valence-electron chi connectivity index (χ2n) is 9.39. The first-order chi connectivity index (χ1) is 13.7. The Labute approximate surface area is 171 Å². The van der Waals surface area contributed by atoms with Crippen molar-refractivity contribution in [3.63, 3.8) is 0 Å². The zero-order valence-electron chi connectivity index (χ0n) is 17.9. The summed E-state index contributed by atoms with van der Waals surface area (Å²) in [6.45, 7) is 12.4. The van der Waals surface area contributed by atoms with E-state index in [1.807, 2.05) is 23.7 Å². The van der Waals surface area contributed by atoms with Gasteiger partial charge >= 0.3 is 0 Å². The maximum Gasteiger partial charge on any atom is 0.253 e. The molecule has 4 rings (SSSR count). The Bertz CT molecular complexity index is 1070. The lowest BCUT2D eigenvalue weighted by atomic mass is 9.95. The van der Waals surface area contributed by atoms with Crippen LogP contribution in [-0.4, -0.2) is 43.2 Å². The standard InChI is InChI=1S/C22H30N6O/c1-14-8-10-27(11-9-14)19(20-24-25-26-28(20)22(3,4)5)17-13-16-7-6-15(2)12-18(16)23-21(17)29/h6-7,12-14,19H,8-11H2,1-5H3,(H,23,29)/t19-/m1/s1. The molecule has 0 bridgehead atoms. The Morgan fingerprint density at radius 3 is 2.59 bits per heavy atom. The molecule has 2 aromatic heterocycles. The van der Waals surface area contributed by atoms with Gasteiger partial charge in [-0.2, -0.15) is 0 Å². The van der Waals surface area contributed by atoms with E-state index in [0.717, 1.165) is 48.2 Å². The number of H-pyrrole nitrogens is 1. The van der Waals surface area contributed by atoms with Gasteiger partial charge in [-0.25, -0.2) is 4.68 Å². The van der Waals surface area contributed by atoms with Crippen LogP contribution in [0.5, 0.6) is 0 Å². The molecule has 1 fully saturated rings. The van der Waals surface area contributed by atoms with Gasteiger partial charge in [0.15, 0.2) is 5.82 Å². The summed E-state index contributed by atoms with van der Waals surface area (Å²) in [5.41, 5.74) is 2.34. The number of fused-ring (bicyclic) bond motifs is 1. The minimum absolute atomic E-state index is 0.0739. The van der Waals surface area contributed by atoms with Crippen LogP contribution in [0.1, 0.15) is 63.5 Å². The number of piperidine rings is 1. The highest BCUT2D eigenvalue weighted by molar-refractivity contribution is 5.79. The van der Waals surface area contributed by atoms with Gasteiger partial charge < -0.3 is 4.98 Å². The zero-order chi connectivity index (χ0) is 20.8. The van der Waals surface area contributed by atoms with Gasteiger partial charge in [0.05, 0.1) is 5.54 Å². The van der Waals surface area contributed by atoms with E-state index in [4.69, 9.17) is 0 Å². The molecule has 0 aliphatic carbocycles. The zero-order valence-corrected chi connectivity index (χ0v) is 17.9. The van der Waals surface area contributed by atoms with Crippen molar-refractivity contribution in [3.05, 3.63) is 51.6 Å². The van der Waals surface area contributed by atoms with Crippen LogP contribution in [0, 0.1) is 12.8 Å². The van der Waals surface area contributed by atoms with E-state index < -0.39 is 0 Å². The molecule has 3 heterocycles. The van der Waals surface area contributed by atoms with Crippen LogP contribution in [-0.2, 0) is 5.54 Å². The van der Waals surface area contributed by atoms with Crippen molar-refractivity contribution in [2.75, 3.05) is 13.1 Å². The Morgan fingerprint density at radius 1 is 1.17 bits per heavy atom. The van der Waals surface area contributed by atoms with Gasteiger partial charge in [0, 0.05) is 11.1 Å². The van der Waals surface area contributed by atoms with E-state index in [-0.39, 0.29) is 17.1 Å². The van der Waals surface area contributed by atoms with E-state index in [0.29, 0.717) is 11.5 Å². The fourth-order valence-electron chi connectivity index (χ4n) is 4.16. The fraction of sp³-hybridized carbons (Fsp3) is 0.545. The van der Waals surface area contributed by atoms with Crippen molar-refractivity contribution in [1.29, 1.82) is 0 Å². The third-order valence-corrected chi connectivity index (χ3v) is 5.88. The van der Waals surface area contributed by atoms with Crippen LogP contribution in [0.3, 0.4) is 0 Å². The first kappa shape index (κ1) is 19.8. The molecule has 1 aliphatic heterocycles. The molecular weight excluding hydrogens is 364 g/mol. The molecule has 1 aromatic carbocycles. The fourth-order valence-corrected chi connectivity index (χ4v) is 4.16. The lowest BCUT2D eigenvalue weighted by molar-refractivity contribution is 0.144. The number of rotatable bonds is 3. The summed E-state index contributed by atoms with van der Waals surface area (Å²) in [5, 5.41) is 13.7. The van der Waals surface area contributed by atoms with Gasteiger partial charge in [0.1, 0.15) is 6.04 Å². The van der Waals surface area contributed by atoms with Crippen molar-refractivity contribution < 1.29 is 0 Å². The molecule has 0 spiro atoms. The molecule has 1 saturated heterocycles. The molecule has 0 radical (unpaired) electrons. The molecule has 1 aliphatic rings. The van der Waals surface area contributed by atoms with Gasteiger partial charge in [0.2, 0.25) is 0 Å². The van der Waals surface area contributed by atoms with E-state index in [1.54, 1.807) is 0 Å². The molecule has 154 valence electrons. The third-order valence-electron chi connectivity index (χ3n) is 5.88. The molecule has 1 N–H and O–H groups in total. The molecule has 0 amide bonds. The number of aromatic nitrogens is 5. The summed E-state index contributed by atoms with van der Waals surface area (Å²) in [4.78, 5) is 18.6. The van der Waals surface area contributed by atoms with Crippen LogP contribution < -0.4 is 5.56 Å². The number of hydrogen-bond acceptors (Lipinski definition) is 5. The predicted molar refractivity (Wildman–Crippen MR) is 114 cm³/mol. The summed E-state index contributed by atoms with van der Waals surface area (Å²) in [7, 11) is 0. The third kappa shape index (κ3) is 3.83. The number of tetrazole rings is 1. The number of pyridine rings is 1. The van der Waals surface area contributed by atoms with Crippen LogP contribution in [0.15, 0.2) is 29.1 Å². The summed E-state index contributed by atoms with van der Waals surface area (Å²) >= 11 is 0. The summed E-state index contributed by atoms with van der Waals surface area (Å²) in [6.07, 6.45) is 2.22. The van der Waals surface area contributed by atoms with E-state index in [9.17, 15) is 4.79 Å². The Morgan fingerprint density at radius 2 is 1.90 bits per heavy atom. The highest BCUT2D eigenvalue weighted by Crippen LogP contribution is 2.32. The quantitative estimate of drug-likeness (QED) is 0.736. The number of likely N-dealkylation sites (tertiary alicyclic amines) is 1. The molecular formula is C22H30N6O. The van der Waals surface area contributed by atoms with Crippen LogP contribution in [0.25, 0.3) is 10.9 Å². The van der Waals surface area contributed by atoms with E-state index in [2.05, 4.69) is 65.2 Å². The minimum Gasteiger partial charge on any atom is -0.322 e. The van der Waals surface area contributed by atoms with Crippen molar-refractivity contribution in [3.8, 4) is 0 Å². The van der Waals surface area contributed by atoms with Crippen LogP contribution in [0.4, 0.5) is 0 Å². The largest absolute Gasteiger partial charge is 0.322 e. The molecule has 7 heteroatoms. The maximum absolute atomic E-state index is 13.2. The molecule has 7 nitrogen and oxygen atoms in total.